The number of nitrogens with two attached hydrogens (primary N) is 1. The minimum atomic E-state index is -1.14. The zero-order valence-electron chi connectivity index (χ0n) is 8.54. The van der Waals surface area contributed by atoms with Crippen LogP contribution in [0.15, 0.2) is 18.2 Å². The highest BCUT2D eigenvalue weighted by Crippen LogP contribution is 2.11. The Morgan fingerprint density at radius 1 is 1.38 bits per heavy atom. The molecule has 1 aromatic rings. The lowest BCUT2D eigenvalue weighted by Crippen LogP contribution is -2.37. The summed E-state index contributed by atoms with van der Waals surface area (Å²) in [4.78, 5) is 22.5. The summed E-state index contributed by atoms with van der Waals surface area (Å²) in [6.07, 6.45) is 0. The van der Waals surface area contributed by atoms with Crippen molar-refractivity contribution in [3.63, 3.8) is 0 Å². The van der Waals surface area contributed by atoms with E-state index < -0.39 is 23.4 Å². The Morgan fingerprint density at radius 3 is 2.56 bits per heavy atom. The van der Waals surface area contributed by atoms with Crippen molar-refractivity contribution in [1.29, 1.82) is 0 Å². The molecule has 0 atom stereocenters. The zero-order chi connectivity index (χ0) is 12.3. The van der Waals surface area contributed by atoms with Crippen LogP contribution in [0.25, 0.3) is 0 Å². The van der Waals surface area contributed by atoms with Crippen LogP contribution in [-0.4, -0.2) is 23.8 Å². The second kappa shape index (κ2) is 4.69. The zero-order valence-corrected chi connectivity index (χ0v) is 8.54. The van der Waals surface area contributed by atoms with E-state index in [1.54, 1.807) is 0 Å². The van der Waals surface area contributed by atoms with Gasteiger partial charge in [-0.2, -0.15) is 0 Å². The highest BCUT2D eigenvalue weighted by atomic mass is 19.1. The molecule has 16 heavy (non-hydrogen) atoms. The van der Waals surface area contributed by atoms with E-state index in [9.17, 15) is 18.4 Å². The summed E-state index contributed by atoms with van der Waals surface area (Å²) in [5, 5.41) is 0. The maximum Gasteiger partial charge on any atom is 0.311 e. The molecule has 0 aliphatic heterocycles. The average Bonchev–Trinajstić information content (AvgIpc) is 2.22. The van der Waals surface area contributed by atoms with Crippen LogP contribution in [0.3, 0.4) is 0 Å². The van der Waals surface area contributed by atoms with Gasteiger partial charge in [0.15, 0.2) is 0 Å². The molecule has 1 aromatic carbocycles. The first kappa shape index (κ1) is 12.1. The lowest BCUT2D eigenvalue weighted by Gasteiger charge is -2.15. The van der Waals surface area contributed by atoms with Crippen molar-refractivity contribution in [1.82, 2.24) is 4.90 Å². The standard InChI is InChI=1S/C10H10F2N2O2/c1-14(10(16)9(13)15)5-6-4-7(11)2-3-8(6)12/h2-4H,5H2,1H3,(H2,13,15). The summed E-state index contributed by atoms with van der Waals surface area (Å²) in [5.41, 5.74) is 4.74. The molecule has 1 rings (SSSR count). The highest BCUT2D eigenvalue weighted by Gasteiger charge is 2.16. The lowest BCUT2D eigenvalue weighted by atomic mass is 10.2. The maximum atomic E-state index is 13.2. The van der Waals surface area contributed by atoms with E-state index in [1.165, 1.54) is 7.05 Å². The SMILES string of the molecule is CN(Cc1cc(F)ccc1F)C(=O)C(N)=O. The van der Waals surface area contributed by atoms with Crippen molar-refractivity contribution >= 4 is 11.8 Å². The van der Waals surface area contributed by atoms with E-state index in [1.807, 2.05) is 0 Å². The predicted molar refractivity (Wildman–Crippen MR) is 52.0 cm³/mol. The number of hydrogen-bond donors (Lipinski definition) is 1. The molecule has 0 heterocycles. The Morgan fingerprint density at radius 2 is 2.00 bits per heavy atom. The van der Waals surface area contributed by atoms with Crippen LogP contribution in [0.1, 0.15) is 5.56 Å². The van der Waals surface area contributed by atoms with E-state index in [0.717, 1.165) is 23.1 Å². The number of amides is 2. The quantitative estimate of drug-likeness (QED) is 0.745. The number of carbonyl (C=O) groups excluding carboxylic acids is 2. The minimum Gasteiger partial charge on any atom is -0.361 e. The number of primary amides is 1. The molecule has 2 amide bonds. The largest absolute Gasteiger partial charge is 0.361 e. The Kier molecular flexibility index (Phi) is 3.55. The van der Waals surface area contributed by atoms with Gasteiger partial charge in [0.25, 0.3) is 0 Å². The van der Waals surface area contributed by atoms with Gasteiger partial charge >= 0.3 is 11.8 Å². The first-order valence-corrected chi connectivity index (χ1v) is 4.40. The summed E-state index contributed by atoms with van der Waals surface area (Å²) in [5.74, 6) is -3.36. The third-order valence-electron chi connectivity index (χ3n) is 1.97. The minimum absolute atomic E-state index is 0.0166. The van der Waals surface area contributed by atoms with Crippen LogP contribution in [0.2, 0.25) is 0 Å². The smallest absolute Gasteiger partial charge is 0.311 e. The predicted octanol–water partition coefficient (Wildman–Crippen LogP) is 0.409. The van der Waals surface area contributed by atoms with E-state index in [4.69, 9.17) is 5.73 Å². The molecule has 0 fully saturated rings. The topological polar surface area (TPSA) is 63.4 Å². The number of carbonyl (C=O) groups is 2. The Balaban J connectivity index is 2.84. The Labute approximate surface area is 90.6 Å². The molecule has 0 aromatic heterocycles. The molecule has 0 bridgehead atoms. The number of likely N-dealkylation sites (N-methyl/N-ethyl adjacent to an activating group) is 1. The van der Waals surface area contributed by atoms with Crippen molar-refractivity contribution < 1.29 is 18.4 Å². The molecule has 2 N–H and O–H groups in total. The van der Waals surface area contributed by atoms with E-state index in [-0.39, 0.29) is 12.1 Å². The fraction of sp³-hybridized carbons (Fsp3) is 0.200. The normalized spacial score (nSPS) is 9.94. The molecule has 0 saturated heterocycles. The molecular weight excluding hydrogens is 218 g/mol. The van der Waals surface area contributed by atoms with Gasteiger partial charge < -0.3 is 10.6 Å². The molecule has 4 nitrogen and oxygen atoms in total. The van der Waals surface area contributed by atoms with Crippen molar-refractivity contribution in [2.45, 2.75) is 6.54 Å². The Bertz CT molecular complexity index is 435. The summed E-state index contributed by atoms with van der Waals surface area (Å²) >= 11 is 0. The third kappa shape index (κ3) is 2.75. The summed E-state index contributed by atoms with van der Waals surface area (Å²) in [7, 11) is 1.28. The van der Waals surface area contributed by atoms with Crippen molar-refractivity contribution in [3.8, 4) is 0 Å². The summed E-state index contributed by atoms with van der Waals surface area (Å²) < 4.78 is 26.0. The summed E-state index contributed by atoms with van der Waals surface area (Å²) in [6, 6.07) is 2.88. The van der Waals surface area contributed by atoms with Gasteiger partial charge in [-0.25, -0.2) is 8.78 Å². The third-order valence-corrected chi connectivity index (χ3v) is 1.97. The maximum absolute atomic E-state index is 13.2. The first-order valence-electron chi connectivity index (χ1n) is 4.40. The molecule has 0 aliphatic rings. The number of halogens is 2. The Hall–Kier alpha value is -1.98. The first-order chi connectivity index (χ1) is 7.41. The van der Waals surface area contributed by atoms with Crippen LogP contribution in [0.5, 0.6) is 0 Å². The van der Waals surface area contributed by atoms with Crippen LogP contribution in [-0.2, 0) is 16.1 Å². The second-order valence-electron chi connectivity index (χ2n) is 3.26. The van der Waals surface area contributed by atoms with Crippen molar-refractivity contribution in [3.05, 3.63) is 35.4 Å². The lowest BCUT2D eigenvalue weighted by molar-refractivity contribution is -0.143. The fourth-order valence-electron chi connectivity index (χ4n) is 1.18. The molecule has 0 unspecified atom stereocenters. The second-order valence-corrected chi connectivity index (χ2v) is 3.26. The molecule has 0 aliphatic carbocycles. The van der Waals surface area contributed by atoms with Gasteiger partial charge in [-0.05, 0) is 18.2 Å². The van der Waals surface area contributed by atoms with Gasteiger partial charge in [0.05, 0.1) is 0 Å². The van der Waals surface area contributed by atoms with Crippen molar-refractivity contribution in [2.24, 2.45) is 5.73 Å². The van der Waals surface area contributed by atoms with E-state index in [0.29, 0.717) is 0 Å². The van der Waals surface area contributed by atoms with Gasteiger partial charge in [-0.3, -0.25) is 9.59 Å². The molecular formula is C10H10F2N2O2. The number of hydrogen-bond acceptors (Lipinski definition) is 2. The summed E-state index contributed by atoms with van der Waals surface area (Å²) in [6.45, 7) is -0.217. The van der Waals surface area contributed by atoms with Gasteiger partial charge in [-0.15, -0.1) is 0 Å². The number of benzene rings is 1. The molecule has 0 radical (unpaired) electrons. The average molecular weight is 228 g/mol. The van der Waals surface area contributed by atoms with Gasteiger partial charge in [0.2, 0.25) is 0 Å². The monoisotopic (exact) mass is 228 g/mol. The van der Waals surface area contributed by atoms with E-state index >= 15 is 0 Å². The van der Waals surface area contributed by atoms with Crippen LogP contribution in [0, 0.1) is 11.6 Å². The van der Waals surface area contributed by atoms with Gasteiger partial charge in [0, 0.05) is 19.2 Å². The van der Waals surface area contributed by atoms with E-state index in [2.05, 4.69) is 0 Å². The van der Waals surface area contributed by atoms with Crippen LogP contribution >= 0.6 is 0 Å². The molecule has 86 valence electrons. The number of rotatable bonds is 2. The molecule has 6 heteroatoms. The van der Waals surface area contributed by atoms with Gasteiger partial charge in [-0.1, -0.05) is 0 Å². The van der Waals surface area contributed by atoms with Crippen LogP contribution < -0.4 is 5.73 Å². The number of nitrogens with zero attached hydrogens (tertiary/aromatic N) is 1. The highest BCUT2D eigenvalue weighted by molar-refractivity contribution is 6.34. The van der Waals surface area contributed by atoms with Crippen molar-refractivity contribution in [2.75, 3.05) is 7.05 Å². The molecule has 0 saturated carbocycles. The fourth-order valence-corrected chi connectivity index (χ4v) is 1.18. The molecule has 0 spiro atoms. The van der Waals surface area contributed by atoms with Crippen LogP contribution in [0.4, 0.5) is 8.78 Å². The van der Waals surface area contributed by atoms with Gasteiger partial charge in [0.1, 0.15) is 11.6 Å².